The third kappa shape index (κ3) is 2.69. The molecule has 0 unspecified atom stereocenters. The average molecular weight is 206 g/mol. The summed E-state index contributed by atoms with van der Waals surface area (Å²) in [4.78, 5) is 4.32. The highest BCUT2D eigenvalue weighted by atomic mass is 16.5. The first-order valence-electron chi connectivity index (χ1n) is 5.65. The Hall–Kier alpha value is -1.09. The summed E-state index contributed by atoms with van der Waals surface area (Å²) in [5, 5.41) is 3.11. The number of rotatable bonds is 4. The van der Waals surface area contributed by atoms with Gasteiger partial charge in [0, 0.05) is 12.7 Å². The molecular formula is C12H18N2O. The van der Waals surface area contributed by atoms with E-state index in [0.29, 0.717) is 6.10 Å². The summed E-state index contributed by atoms with van der Waals surface area (Å²) in [6, 6.07) is 3.95. The van der Waals surface area contributed by atoms with Gasteiger partial charge in [-0.1, -0.05) is 0 Å². The molecule has 0 saturated heterocycles. The molecule has 0 spiro atoms. The van der Waals surface area contributed by atoms with E-state index in [1.807, 2.05) is 25.4 Å². The van der Waals surface area contributed by atoms with Gasteiger partial charge in [-0.25, -0.2) is 0 Å². The topological polar surface area (TPSA) is 34.2 Å². The van der Waals surface area contributed by atoms with Crippen molar-refractivity contribution in [1.29, 1.82) is 0 Å². The van der Waals surface area contributed by atoms with E-state index in [4.69, 9.17) is 4.74 Å². The molecule has 1 aromatic rings. The summed E-state index contributed by atoms with van der Waals surface area (Å²) in [5.74, 6) is 0.943. The molecule has 1 aliphatic rings. The second kappa shape index (κ2) is 5.12. The number of nitrogens with one attached hydrogen (secondary N) is 1. The zero-order chi connectivity index (χ0) is 10.5. The van der Waals surface area contributed by atoms with Gasteiger partial charge in [0.15, 0.2) is 0 Å². The minimum Gasteiger partial charge on any atom is -0.488 e. The second-order valence-electron chi connectivity index (χ2n) is 4.00. The first-order valence-corrected chi connectivity index (χ1v) is 5.65. The molecule has 3 nitrogen and oxygen atoms in total. The molecule has 1 aromatic heterocycles. The van der Waals surface area contributed by atoms with Crippen LogP contribution in [0.5, 0.6) is 5.75 Å². The van der Waals surface area contributed by atoms with E-state index in [1.165, 1.54) is 25.7 Å². The summed E-state index contributed by atoms with van der Waals surface area (Å²) in [5.41, 5.74) is 1.01. The Bertz CT molecular complexity index is 308. The van der Waals surface area contributed by atoms with Crippen LogP contribution in [0.4, 0.5) is 0 Å². The Kier molecular flexibility index (Phi) is 3.56. The van der Waals surface area contributed by atoms with Gasteiger partial charge < -0.3 is 10.1 Å². The Balaban J connectivity index is 2.05. The number of hydrogen-bond acceptors (Lipinski definition) is 3. The minimum absolute atomic E-state index is 0.407. The van der Waals surface area contributed by atoms with E-state index in [-0.39, 0.29) is 0 Å². The van der Waals surface area contributed by atoms with Crippen molar-refractivity contribution >= 4 is 0 Å². The van der Waals surface area contributed by atoms with Crippen LogP contribution in [0.3, 0.4) is 0 Å². The molecule has 1 heterocycles. The van der Waals surface area contributed by atoms with Crippen molar-refractivity contribution in [1.82, 2.24) is 10.3 Å². The number of pyridine rings is 1. The predicted octanol–water partition coefficient (Wildman–Crippen LogP) is 2.12. The van der Waals surface area contributed by atoms with Gasteiger partial charge in [-0.05, 0) is 44.9 Å². The molecule has 1 saturated carbocycles. The number of ether oxygens (including phenoxy) is 1. The Morgan fingerprint density at radius 2 is 2.27 bits per heavy atom. The highest BCUT2D eigenvalue weighted by Crippen LogP contribution is 2.25. The standard InChI is InChI=1S/C12H18N2O/c1-13-9-11-12(7-4-8-14-11)15-10-5-2-3-6-10/h4,7-8,10,13H,2-3,5-6,9H2,1H3. The minimum atomic E-state index is 0.407. The summed E-state index contributed by atoms with van der Waals surface area (Å²) in [7, 11) is 1.92. The summed E-state index contributed by atoms with van der Waals surface area (Å²) in [6.07, 6.45) is 7.19. The fourth-order valence-corrected chi connectivity index (χ4v) is 2.02. The monoisotopic (exact) mass is 206 g/mol. The van der Waals surface area contributed by atoms with E-state index < -0.39 is 0 Å². The van der Waals surface area contributed by atoms with E-state index in [0.717, 1.165) is 18.0 Å². The normalized spacial score (nSPS) is 16.9. The van der Waals surface area contributed by atoms with Gasteiger partial charge in [0.25, 0.3) is 0 Å². The molecular weight excluding hydrogens is 188 g/mol. The third-order valence-electron chi connectivity index (χ3n) is 2.79. The molecule has 3 heteroatoms. The summed E-state index contributed by atoms with van der Waals surface area (Å²) in [6.45, 7) is 0.767. The molecule has 0 bridgehead atoms. The Morgan fingerprint density at radius 3 is 3.00 bits per heavy atom. The highest BCUT2D eigenvalue weighted by molar-refractivity contribution is 5.27. The SMILES string of the molecule is CNCc1ncccc1OC1CCCC1. The van der Waals surface area contributed by atoms with Crippen LogP contribution in [0.1, 0.15) is 31.4 Å². The van der Waals surface area contributed by atoms with Crippen LogP contribution in [-0.4, -0.2) is 18.1 Å². The molecule has 2 rings (SSSR count). The predicted molar refractivity (Wildman–Crippen MR) is 59.9 cm³/mol. The zero-order valence-corrected chi connectivity index (χ0v) is 9.20. The van der Waals surface area contributed by atoms with E-state index in [1.54, 1.807) is 0 Å². The van der Waals surface area contributed by atoms with Crippen molar-refractivity contribution < 1.29 is 4.74 Å². The highest BCUT2D eigenvalue weighted by Gasteiger charge is 2.17. The van der Waals surface area contributed by atoms with Crippen LogP contribution in [0.25, 0.3) is 0 Å². The van der Waals surface area contributed by atoms with Gasteiger partial charge in [0.2, 0.25) is 0 Å². The van der Waals surface area contributed by atoms with Crippen molar-refractivity contribution in [2.75, 3.05) is 7.05 Å². The van der Waals surface area contributed by atoms with Crippen molar-refractivity contribution in [3.63, 3.8) is 0 Å². The molecule has 1 N–H and O–H groups in total. The van der Waals surface area contributed by atoms with E-state index in [9.17, 15) is 0 Å². The van der Waals surface area contributed by atoms with Crippen LogP contribution in [0.15, 0.2) is 18.3 Å². The van der Waals surface area contributed by atoms with Crippen molar-refractivity contribution in [3.05, 3.63) is 24.0 Å². The maximum absolute atomic E-state index is 5.96. The fraction of sp³-hybridized carbons (Fsp3) is 0.583. The first-order chi connectivity index (χ1) is 7.40. The van der Waals surface area contributed by atoms with Gasteiger partial charge in [-0.3, -0.25) is 4.98 Å². The second-order valence-corrected chi connectivity index (χ2v) is 4.00. The van der Waals surface area contributed by atoms with Gasteiger partial charge >= 0.3 is 0 Å². The lowest BCUT2D eigenvalue weighted by molar-refractivity contribution is 0.206. The maximum atomic E-state index is 5.96. The van der Waals surface area contributed by atoms with E-state index in [2.05, 4.69) is 10.3 Å². The molecule has 15 heavy (non-hydrogen) atoms. The van der Waals surface area contributed by atoms with Crippen LogP contribution in [0, 0.1) is 0 Å². The lowest BCUT2D eigenvalue weighted by atomic mass is 10.3. The number of aromatic nitrogens is 1. The largest absolute Gasteiger partial charge is 0.488 e. The van der Waals surface area contributed by atoms with Gasteiger partial charge in [-0.2, -0.15) is 0 Å². The Labute approximate surface area is 90.9 Å². The van der Waals surface area contributed by atoms with Crippen LogP contribution >= 0.6 is 0 Å². The van der Waals surface area contributed by atoms with Gasteiger partial charge in [0.1, 0.15) is 5.75 Å². The molecule has 82 valence electrons. The molecule has 0 aliphatic heterocycles. The quantitative estimate of drug-likeness (QED) is 0.819. The van der Waals surface area contributed by atoms with Crippen LogP contribution in [-0.2, 0) is 6.54 Å². The first kappa shape index (κ1) is 10.4. The molecule has 1 fully saturated rings. The number of hydrogen-bond donors (Lipinski definition) is 1. The Morgan fingerprint density at radius 1 is 1.47 bits per heavy atom. The van der Waals surface area contributed by atoms with Crippen LogP contribution < -0.4 is 10.1 Å². The summed E-state index contributed by atoms with van der Waals surface area (Å²) >= 11 is 0. The molecule has 1 aliphatic carbocycles. The molecule has 0 radical (unpaired) electrons. The number of nitrogens with zero attached hydrogens (tertiary/aromatic N) is 1. The summed E-state index contributed by atoms with van der Waals surface area (Å²) < 4.78 is 5.96. The van der Waals surface area contributed by atoms with Crippen molar-refractivity contribution in [3.8, 4) is 5.75 Å². The van der Waals surface area contributed by atoms with Gasteiger partial charge in [-0.15, -0.1) is 0 Å². The smallest absolute Gasteiger partial charge is 0.142 e. The van der Waals surface area contributed by atoms with Gasteiger partial charge in [0.05, 0.1) is 11.8 Å². The fourth-order valence-electron chi connectivity index (χ4n) is 2.02. The molecule has 0 atom stereocenters. The third-order valence-corrected chi connectivity index (χ3v) is 2.79. The molecule has 0 aromatic carbocycles. The van der Waals surface area contributed by atoms with Crippen molar-refractivity contribution in [2.24, 2.45) is 0 Å². The lowest BCUT2D eigenvalue weighted by Crippen LogP contribution is -2.15. The van der Waals surface area contributed by atoms with Crippen molar-refractivity contribution in [2.45, 2.75) is 38.3 Å². The average Bonchev–Trinajstić information content (AvgIpc) is 2.74. The molecule has 0 amide bonds. The zero-order valence-electron chi connectivity index (χ0n) is 9.20. The van der Waals surface area contributed by atoms with Crippen LogP contribution in [0.2, 0.25) is 0 Å². The maximum Gasteiger partial charge on any atom is 0.142 e. The van der Waals surface area contributed by atoms with E-state index >= 15 is 0 Å². The lowest BCUT2D eigenvalue weighted by Gasteiger charge is -2.15.